The standard InChI is InChI=1S/C8H13NO2.C2H6/c1-5-6-2-3-7(4-6)8(5)9(10)11;1-2/h5-8H,2-4H2,1H3;1-2H3. The molecule has 2 aliphatic carbocycles. The topological polar surface area (TPSA) is 43.1 Å². The summed E-state index contributed by atoms with van der Waals surface area (Å²) in [6.07, 6.45) is 3.45. The zero-order valence-corrected chi connectivity index (χ0v) is 8.69. The fourth-order valence-electron chi connectivity index (χ4n) is 2.91. The van der Waals surface area contributed by atoms with Crippen LogP contribution in [0.25, 0.3) is 0 Å². The first-order valence-corrected chi connectivity index (χ1v) is 5.33. The summed E-state index contributed by atoms with van der Waals surface area (Å²) in [5, 5.41) is 10.6. The molecule has 0 saturated heterocycles. The highest BCUT2D eigenvalue weighted by atomic mass is 16.6. The Bertz CT molecular complexity index is 191. The minimum absolute atomic E-state index is 0.0610. The van der Waals surface area contributed by atoms with Crippen molar-refractivity contribution >= 4 is 0 Å². The molecule has 0 amide bonds. The van der Waals surface area contributed by atoms with E-state index in [1.165, 1.54) is 6.42 Å². The number of fused-ring (bicyclic) bond motifs is 2. The van der Waals surface area contributed by atoms with Gasteiger partial charge < -0.3 is 0 Å². The number of rotatable bonds is 1. The first-order valence-electron chi connectivity index (χ1n) is 5.33. The molecule has 4 atom stereocenters. The van der Waals surface area contributed by atoms with Crippen LogP contribution < -0.4 is 0 Å². The van der Waals surface area contributed by atoms with Gasteiger partial charge in [-0.2, -0.15) is 0 Å². The lowest BCUT2D eigenvalue weighted by Crippen LogP contribution is -2.32. The van der Waals surface area contributed by atoms with Crippen molar-refractivity contribution in [2.75, 3.05) is 0 Å². The van der Waals surface area contributed by atoms with E-state index in [-0.39, 0.29) is 11.0 Å². The first-order chi connectivity index (χ1) is 6.20. The highest BCUT2D eigenvalue weighted by Gasteiger charge is 2.51. The van der Waals surface area contributed by atoms with Gasteiger partial charge in [-0.3, -0.25) is 10.1 Å². The number of nitrogens with zero attached hydrogens (tertiary/aromatic N) is 1. The lowest BCUT2D eigenvalue weighted by atomic mass is 9.86. The van der Waals surface area contributed by atoms with E-state index in [4.69, 9.17) is 0 Å². The van der Waals surface area contributed by atoms with Crippen LogP contribution in [0.5, 0.6) is 0 Å². The second kappa shape index (κ2) is 4.07. The SMILES string of the molecule is CC.CC1C2CCC(C2)C1[N+](=O)[O-]. The van der Waals surface area contributed by atoms with Gasteiger partial charge in [-0.05, 0) is 25.2 Å². The van der Waals surface area contributed by atoms with Crippen LogP contribution in [0.3, 0.4) is 0 Å². The Balaban J connectivity index is 0.000000396. The van der Waals surface area contributed by atoms with E-state index >= 15 is 0 Å². The molecular weight excluding hydrogens is 166 g/mol. The molecule has 2 saturated carbocycles. The highest BCUT2D eigenvalue weighted by molar-refractivity contribution is 4.94. The maximum absolute atomic E-state index is 10.6. The zero-order valence-electron chi connectivity index (χ0n) is 8.69. The predicted molar refractivity (Wildman–Crippen MR) is 52.1 cm³/mol. The summed E-state index contributed by atoms with van der Waals surface area (Å²) in [6, 6.07) is -0.214. The molecule has 4 unspecified atom stereocenters. The molecule has 3 heteroatoms. The largest absolute Gasteiger partial charge is 0.264 e. The van der Waals surface area contributed by atoms with Gasteiger partial charge in [0.05, 0.1) is 0 Å². The summed E-state index contributed by atoms with van der Waals surface area (Å²) in [5.74, 6) is 1.41. The van der Waals surface area contributed by atoms with Gasteiger partial charge in [0.25, 0.3) is 0 Å². The Morgan fingerprint density at radius 2 is 1.77 bits per heavy atom. The third kappa shape index (κ3) is 1.69. The summed E-state index contributed by atoms with van der Waals surface area (Å²) < 4.78 is 0. The van der Waals surface area contributed by atoms with Gasteiger partial charge >= 0.3 is 0 Å². The normalized spacial score (nSPS) is 41.2. The molecule has 13 heavy (non-hydrogen) atoms. The van der Waals surface area contributed by atoms with Crippen LogP contribution in [0.15, 0.2) is 0 Å². The minimum Gasteiger partial charge on any atom is -0.264 e. The van der Waals surface area contributed by atoms with E-state index in [1.807, 2.05) is 20.8 Å². The first kappa shape index (κ1) is 10.5. The Kier molecular flexibility index (Phi) is 3.28. The van der Waals surface area contributed by atoms with Crippen molar-refractivity contribution in [2.45, 2.75) is 46.1 Å². The molecule has 2 fully saturated rings. The highest BCUT2D eigenvalue weighted by Crippen LogP contribution is 2.49. The van der Waals surface area contributed by atoms with Crippen molar-refractivity contribution < 1.29 is 4.92 Å². The Hall–Kier alpha value is -0.600. The lowest BCUT2D eigenvalue weighted by molar-refractivity contribution is -0.538. The smallest absolute Gasteiger partial charge is 0.218 e. The third-order valence-corrected chi connectivity index (χ3v) is 3.52. The average molecular weight is 185 g/mol. The molecular formula is C10H19NO2. The van der Waals surface area contributed by atoms with E-state index < -0.39 is 0 Å². The van der Waals surface area contributed by atoms with Gasteiger partial charge in [0.15, 0.2) is 0 Å². The maximum atomic E-state index is 10.6. The summed E-state index contributed by atoms with van der Waals surface area (Å²) in [5.41, 5.74) is 0. The fraction of sp³-hybridized carbons (Fsp3) is 1.00. The molecule has 0 N–H and O–H groups in total. The van der Waals surface area contributed by atoms with Crippen molar-refractivity contribution in [3.63, 3.8) is 0 Å². The zero-order chi connectivity index (χ0) is 10.0. The van der Waals surface area contributed by atoms with Crippen molar-refractivity contribution in [2.24, 2.45) is 17.8 Å². The van der Waals surface area contributed by atoms with Crippen molar-refractivity contribution in [1.82, 2.24) is 0 Å². The van der Waals surface area contributed by atoms with Gasteiger partial charge in [-0.25, -0.2) is 0 Å². The minimum atomic E-state index is -0.214. The third-order valence-electron chi connectivity index (χ3n) is 3.52. The van der Waals surface area contributed by atoms with E-state index in [2.05, 4.69) is 0 Å². The molecule has 0 aromatic rings. The van der Waals surface area contributed by atoms with Crippen molar-refractivity contribution in [3.05, 3.63) is 10.1 Å². The van der Waals surface area contributed by atoms with Crippen LogP contribution in [-0.4, -0.2) is 11.0 Å². The van der Waals surface area contributed by atoms with E-state index in [1.54, 1.807) is 0 Å². The molecule has 0 spiro atoms. The van der Waals surface area contributed by atoms with Gasteiger partial charge in [-0.15, -0.1) is 0 Å². The molecule has 0 radical (unpaired) electrons. The number of hydrogen-bond donors (Lipinski definition) is 0. The van der Waals surface area contributed by atoms with Crippen LogP contribution in [0.2, 0.25) is 0 Å². The molecule has 2 aliphatic rings. The van der Waals surface area contributed by atoms with Gasteiger partial charge in [0.1, 0.15) is 0 Å². The maximum Gasteiger partial charge on any atom is 0.218 e. The van der Waals surface area contributed by atoms with Crippen LogP contribution in [0.4, 0.5) is 0 Å². The van der Waals surface area contributed by atoms with Gasteiger partial charge in [-0.1, -0.05) is 20.8 Å². The van der Waals surface area contributed by atoms with E-state index in [0.29, 0.717) is 17.8 Å². The Morgan fingerprint density at radius 3 is 2.08 bits per heavy atom. The molecule has 0 aromatic carbocycles. The van der Waals surface area contributed by atoms with Crippen LogP contribution in [-0.2, 0) is 0 Å². The second-order valence-corrected chi connectivity index (χ2v) is 3.97. The van der Waals surface area contributed by atoms with Crippen molar-refractivity contribution in [3.8, 4) is 0 Å². The monoisotopic (exact) mass is 185 g/mol. The molecule has 2 rings (SSSR count). The molecule has 0 heterocycles. The van der Waals surface area contributed by atoms with E-state index in [9.17, 15) is 10.1 Å². The lowest BCUT2D eigenvalue weighted by Gasteiger charge is -2.20. The van der Waals surface area contributed by atoms with Gasteiger partial charge in [0.2, 0.25) is 6.04 Å². The average Bonchev–Trinajstić information content (AvgIpc) is 2.66. The quantitative estimate of drug-likeness (QED) is 0.465. The van der Waals surface area contributed by atoms with Gasteiger partial charge in [0, 0.05) is 16.8 Å². The molecule has 0 aliphatic heterocycles. The van der Waals surface area contributed by atoms with E-state index in [0.717, 1.165) is 12.8 Å². The fourth-order valence-corrected chi connectivity index (χ4v) is 2.91. The second-order valence-electron chi connectivity index (χ2n) is 3.97. The molecule has 3 nitrogen and oxygen atoms in total. The Morgan fingerprint density at radius 1 is 1.23 bits per heavy atom. The summed E-state index contributed by atoms with van der Waals surface area (Å²) in [6.45, 7) is 6.04. The van der Waals surface area contributed by atoms with Crippen LogP contribution in [0, 0.1) is 27.9 Å². The number of hydrogen-bond acceptors (Lipinski definition) is 2. The van der Waals surface area contributed by atoms with Crippen molar-refractivity contribution in [1.29, 1.82) is 0 Å². The van der Waals surface area contributed by atoms with Crippen LogP contribution >= 0.6 is 0 Å². The molecule has 76 valence electrons. The predicted octanol–water partition coefficient (Wildman–Crippen LogP) is 2.72. The summed E-state index contributed by atoms with van der Waals surface area (Å²) in [7, 11) is 0. The number of nitro groups is 1. The molecule has 0 aromatic heterocycles. The Labute approximate surface area is 79.7 Å². The molecule has 2 bridgehead atoms. The summed E-state index contributed by atoms with van der Waals surface area (Å²) >= 11 is 0. The summed E-state index contributed by atoms with van der Waals surface area (Å²) in [4.78, 5) is 10.5. The van der Waals surface area contributed by atoms with Crippen LogP contribution in [0.1, 0.15) is 40.0 Å².